The highest BCUT2D eigenvalue weighted by atomic mass is 16.6. The minimum absolute atomic E-state index is 0.0149. The number of hydrogen-bond acceptors (Lipinski definition) is 7. The topological polar surface area (TPSA) is 100 Å². The number of fused-ring (bicyclic) bond motifs is 2. The fourth-order valence-corrected chi connectivity index (χ4v) is 3.97. The Morgan fingerprint density at radius 3 is 2.97 bits per heavy atom. The maximum Gasteiger partial charge on any atom is 0.147 e. The number of nitrogens with zero attached hydrogens (tertiary/aromatic N) is 4. The Morgan fingerprint density at radius 2 is 2.10 bits per heavy atom. The molecule has 0 spiro atoms. The van der Waals surface area contributed by atoms with Crippen LogP contribution < -0.4 is 15.8 Å². The summed E-state index contributed by atoms with van der Waals surface area (Å²) in [6.45, 7) is 2.66. The first-order valence-electron chi connectivity index (χ1n) is 10.1. The van der Waals surface area contributed by atoms with Crippen LogP contribution in [0.15, 0.2) is 48.9 Å². The van der Waals surface area contributed by atoms with E-state index in [0.29, 0.717) is 18.3 Å². The summed E-state index contributed by atoms with van der Waals surface area (Å²) in [5.74, 6) is 2.45. The average molecular weight is 404 g/mol. The summed E-state index contributed by atoms with van der Waals surface area (Å²) in [5.41, 5.74) is 7.65. The van der Waals surface area contributed by atoms with Crippen molar-refractivity contribution in [2.75, 3.05) is 24.7 Å². The molecule has 4 aromatic rings. The van der Waals surface area contributed by atoms with Crippen LogP contribution in [-0.4, -0.2) is 39.3 Å². The number of pyridine rings is 1. The van der Waals surface area contributed by atoms with Gasteiger partial charge in [-0.1, -0.05) is 6.92 Å². The molecule has 3 unspecified atom stereocenters. The van der Waals surface area contributed by atoms with Gasteiger partial charge >= 0.3 is 0 Å². The molecule has 0 radical (unpaired) electrons. The summed E-state index contributed by atoms with van der Waals surface area (Å²) in [6, 6.07) is 11.9. The number of anilines is 2. The van der Waals surface area contributed by atoms with Gasteiger partial charge in [0.05, 0.1) is 17.0 Å². The van der Waals surface area contributed by atoms with Gasteiger partial charge < -0.3 is 25.1 Å². The number of nitrogens with one attached hydrogen (secondary N) is 1. The summed E-state index contributed by atoms with van der Waals surface area (Å²) in [4.78, 5) is 13.0. The molecule has 5 rings (SSSR count). The van der Waals surface area contributed by atoms with Crippen molar-refractivity contribution in [2.45, 2.75) is 25.7 Å². The molecule has 8 nitrogen and oxygen atoms in total. The number of benzene rings is 1. The second kappa shape index (κ2) is 7.46. The second-order valence-electron chi connectivity index (χ2n) is 7.67. The van der Waals surface area contributed by atoms with E-state index in [-0.39, 0.29) is 12.3 Å². The standard InChI is InChI=1S/C22H24N6O2/c1-13-9-20(28-8-7-16-21(23)25-12-26-22(16)28)30-18(13)11-29-15-5-3-14-4-6-19(24-2)27-17(14)10-15/h3-8,10,12-13,18,20H,9,11H2,1-2H3,(H,24,27)(H2,23,25,26). The van der Waals surface area contributed by atoms with Crippen molar-refractivity contribution in [1.29, 1.82) is 0 Å². The molecule has 3 N–H and O–H groups in total. The number of aromatic nitrogens is 4. The molecular weight excluding hydrogens is 380 g/mol. The highest BCUT2D eigenvalue weighted by Crippen LogP contribution is 2.36. The molecule has 0 saturated carbocycles. The molecule has 1 aromatic carbocycles. The van der Waals surface area contributed by atoms with Crippen LogP contribution >= 0.6 is 0 Å². The van der Waals surface area contributed by atoms with E-state index in [4.69, 9.17) is 15.2 Å². The van der Waals surface area contributed by atoms with Gasteiger partial charge in [0.1, 0.15) is 42.2 Å². The Labute approximate surface area is 174 Å². The summed E-state index contributed by atoms with van der Waals surface area (Å²) >= 11 is 0. The van der Waals surface area contributed by atoms with E-state index in [2.05, 4.69) is 27.2 Å². The van der Waals surface area contributed by atoms with Crippen LogP contribution in [0.1, 0.15) is 19.6 Å². The molecule has 3 aromatic heterocycles. The number of nitrogen functional groups attached to an aromatic ring is 1. The van der Waals surface area contributed by atoms with Crippen LogP contribution in [0.25, 0.3) is 21.9 Å². The van der Waals surface area contributed by atoms with Gasteiger partial charge in [0.2, 0.25) is 0 Å². The van der Waals surface area contributed by atoms with Crippen LogP contribution in [0, 0.1) is 5.92 Å². The lowest BCUT2D eigenvalue weighted by atomic mass is 10.0. The van der Waals surface area contributed by atoms with E-state index in [1.165, 1.54) is 6.33 Å². The number of hydrogen-bond donors (Lipinski definition) is 2. The predicted octanol–water partition coefficient (Wildman–Crippen LogP) is 3.61. The Kier molecular flexibility index (Phi) is 4.63. The van der Waals surface area contributed by atoms with Gasteiger partial charge in [0.25, 0.3) is 0 Å². The summed E-state index contributed by atoms with van der Waals surface area (Å²) in [6.07, 6.45) is 4.22. The van der Waals surface area contributed by atoms with Crippen molar-refractivity contribution in [1.82, 2.24) is 19.5 Å². The SMILES string of the molecule is CNc1ccc2ccc(OCC3OC(n4ccc5c(N)ncnc54)CC3C)cc2n1. The fourth-order valence-electron chi connectivity index (χ4n) is 3.97. The fraction of sp³-hybridized carbons (Fsp3) is 0.318. The van der Waals surface area contributed by atoms with E-state index in [1.54, 1.807) is 0 Å². The normalized spacial score (nSPS) is 21.3. The highest BCUT2D eigenvalue weighted by Gasteiger charge is 2.34. The van der Waals surface area contributed by atoms with Crippen molar-refractivity contribution in [2.24, 2.45) is 5.92 Å². The molecule has 3 atom stereocenters. The van der Waals surface area contributed by atoms with Gasteiger partial charge in [-0.3, -0.25) is 0 Å². The molecule has 1 fully saturated rings. The molecule has 1 aliphatic rings. The van der Waals surface area contributed by atoms with Crippen molar-refractivity contribution >= 4 is 33.6 Å². The summed E-state index contributed by atoms with van der Waals surface area (Å²) in [5, 5.41) is 4.99. The minimum atomic E-state index is -0.100. The van der Waals surface area contributed by atoms with Crippen LogP contribution in [0.5, 0.6) is 5.75 Å². The highest BCUT2D eigenvalue weighted by molar-refractivity contribution is 5.86. The minimum Gasteiger partial charge on any atom is -0.491 e. The quantitative estimate of drug-likeness (QED) is 0.524. The predicted molar refractivity (Wildman–Crippen MR) is 116 cm³/mol. The number of ether oxygens (including phenoxy) is 2. The van der Waals surface area contributed by atoms with Gasteiger partial charge in [-0.15, -0.1) is 0 Å². The zero-order valence-electron chi connectivity index (χ0n) is 16.9. The van der Waals surface area contributed by atoms with Gasteiger partial charge in [0, 0.05) is 24.7 Å². The van der Waals surface area contributed by atoms with E-state index in [0.717, 1.165) is 39.9 Å². The van der Waals surface area contributed by atoms with Crippen LogP contribution in [-0.2, 0) is 4.74 Å². The molecule has 1 saturated heterocycles. The lowest BCUT2D eigenvalue weighted by molar-refractivity contribution is -0.0224. The monoisotopic (exact) mass is 404 g/mol. The van der Waals surface area contributed by atoms with Crippen molar-refractivity contribution < 1.29 is 9.47 Å². The number of rotatable bonds is 5. The molecule has 8 heteroatoms. The molecule has 0 bridgehead atoms. The zero-order chi connectivity index (χ0) is 20.7. The molecule has 4 heterocycles. The van der Waals surface area contributed by atoms with E-state index in [9.17, 15) is 0 Å². The van der Waals surface area contributed by atoms with Crippen LogP contribution in [0.4, 0.5) is 11.6 Å². The third-order valence-electron chi connectivity index (χ3n) is 5.72. The summed E-state index contributed by atoms with van der Waals surface area (Å²) in [7, 11) is 1.86. The first-order chi connectivity index (χ1) is 14.6. The maximum atomic E-state index is 6.32. The lowest BCUT2D eigenvalue weighted by Crippen LogP contribution is -2.23. The summed E-state index contributed by atoms with van der Waals surface area (Å²) < 4.78 is 14.4. The van der Waals surface area contributed by atoms with E-state index >= 15 is 0 Å². The molecule has 0 amide bonds. The third kappa shape index (κ3) is 3.29. The number of nitrogens with two attached hydrogens (primary N) is 1. The zero-order valence-corrected chi connectivity index (χ0v) is 16.9. The molecule has 0 aliphatic carbocycles. The average Bonchev–Trinajstić information content (AvgIpc) is 3.35. The Morgan fingerprint density at radius 1 is 1.23 bits per heavy atom. The maximum absolute atomic E-state index is 6.32. The second-order valence-corrected chi connectivity index (χ2v) is 7.67. The third-order valence-corrected chi connectivity index (χ3v) is 5.72. The Balaban J connectivity index is 1.30. The molecule has 1 aliphatic heterocycles. The van der Waals surface area contributed by atoms with E-state index < -0.39 is 0 Å². The van der Waals surface area contributed by atoms with Crippen LogP contribution in [0.2, 0.25) is 0 Å². The Bertz CT molecular complexity index is 1210. The van der Waals surface area contributed by atoms with E-state index in [1.807, 2.05) is 54.2 Å². The van der Waals surface area contributed by atoms with Crippen molar-refractivity contribution in [3.63, 3.8) is 0 Å². The first kappa shape index (κ1) is 18.6. The smallest absolute Gasteiger partial charge is 0.147 e. The van der Waals surface area contributed by atoms with Gasteiger partial charge in [-0.2, -0.15) is 0 Å². The van der Waals surface area contributed by atoms with Crippen molar-refractivity contribution in [3.8, 4) is 5.75 Å². The van der Waals surface area contributed by atoms with Gasteiger partial charge in [-0.25, -0.2) is 15.0 Å². The van der Waals surface area contributed by atoms with Crippen LogP contribution in [0.3, 0.4) is 0 Å². The van der Waals surface area contributed by atoms with Crippen molar-refractivity contribution in [3.05, 3.63) is 48.9 Å². The first-order valence-corrected chi connectivity index (χ1v) is 10.1. The van der Waals surface area contributed by atoms with Gasteiger partial charge in [0.15, 0.2) is 0 Å². The Hall–Kier alpha value is -3.39. The molecule has 154 valence electrons. The van der Waals surface area contributed by atoms with Gasteiger partial charge in [-0.05, 0) is 42.7 Å². The molecule has 30 heavy (non-hydrogen) atoms. The lowest BCUT2D eigenvalue weighted by Gasteiger charge is -2.17. The molecular formula is C22H24N6O2. The largest absolute Gasteiger partial charge is 0.491 e.